The average molecular weight is 275 g/mol. The van der Waals surface area contributed by atoms with E-state index in [0.29, 0.717) is 5.69 Å². The van der Waals surface area contributed by atoms with Gasteiger partial charge >= 0.3 is 5.97 Å². The maximum Gasteiger partial charge on any atom is 0.313 e. The summed E-state index contributed by atoms with van der Waals surface area (Å²) < 4.78 is 0. The number of carbonyl (C=O) groups excluding carboxylic acids is 1. The van der Waals surface area contributed by atoms with Crippen LogP contribution in [0.5, 0.6) is 0 Å². The minimum atomic E-state index is -0.946. The summed E-state index contributed by atoms with van der Waals surface area (Å²) in [7, 11) is 0. The van der Waals surface area contributed by atoms with Gasteiger partial charge in [-0.2, -0.15) is 0 Å². The maximum atomic E-state index is 11.5. The highest BCUT2D eigenvalue weighted by Crippen LogP contribution is 2.22. The van der Waals surface area contributed by atoms with Crippen LogP contribution in [0.15, 0.2) is 12.3 Å². The van der Waals surface area contributed by atoms with Gasteiger partial charge in [-0.1, -0.05) is 11.6 Å². The molecule has 5 nitrogen and oxygen atoms in total. The van der Waals surface area contributed by atoms with Crippen LogP contribution in [0.1, 0.15) is 5.56 Å². The molecule has 0 aromatic carbocycles. The van der Waals surface area contributed by atoms with Crippen molar-refractivity contribution in [1.82, 2.24) is 4.98 Å². The summed E-state index contributed by atoms with van der Waals surface area (Å²) in [5.41, 5.74) is 1.27. The van der Waals surface area contributed by atoms with E-state index in [9.17, 15) is 9.59 Å². The molecule has 0 aliphatic carbocycles. The summed E-state index contributed by atoms with van der Waals surface area (Å²) in [4.78, 5) is 25.6. The number of pyridine rings is 1. The molecule has 1 rings (SSSR count). The number of carbonyl (C=O) groups is 2. The molecule has 0 spiro atoms. The fraction of sp³-hybridized carbons (Fsp3) is 0.300. The summed E-state index contributed by atoms with van der Waals surface area (Å²) >= 11 is 6.86. The molecule has 0 fully saturated rings. The van der Waals surface area contributed by atoms with Gasteiger partial charge in [0.1, 0.15) is 0 Å². The predicted octanol–water partition coefficient (Wildman–Crippen LogP) is 1.80. The summed E-state index contributed by atoms with van der Waals surface area (Å²) in [6, 6.07) is 1.73. The molecule has 0 unspecified atom stereocenters. The van der Waals surface area contributed by atoms with Crippen molar-refractivity contribution in [2.75, 3.05) is 16.8 Å². The minimum Gasteiger partial charge on any atom is -0.481 e. The highest BCUT2D eigenvalue weighted by molar-refractivity contribution is 8.00. The third-order valence-corrected chi connectivity index (χ3v) is 3.04. The van der Waals surface area contributed by atoms with Crippen LogP contribution in [0.3, 0.4) is 0 Å². The van der Waals surface area contributed by atoms with E-state index in [-0.39, 0.29) is 22.6 Å². The SMILES string of the molecule is Cc1ccnc(Cl)c1NC(=O)CSCC(=O)O. The van der Waals surface area contributed by atoms with E-state index in [1.54, 1.807) is 19.2 Å². The van der Waals surface area contributed by atoms with Gasteiger partial charge in [0.25, 0.3) is 0 Å². The van der Waals surface area contributed by atoms with E-state index in [4.69, 9.17) is 16.7 Å². The summed E-state index contributed by atoms with van der Waals surface area (Å²) in [6.07, 6.45) is 1.55. The van der Waals surface area contributed by atoms with E-state index in [0.717, 1.165) is 17.3 Å². The van der Waals surface area contributed by atoms with Gasteiger partial charge in [0.15, 0.2) is 5.15 Å². The number of aliphatic carboxylic acids is 1. The van der Waals surface area contributed by atoms with E-state index < -0.39 is 5.97 Å². The molecular formula is C10H11ClN2O3S. The Morgan fingerprint density at radius 2 is 2.24 bits per heavy atom. The zero-order chi connectivity index (χ0) is 12.8. The number of carboxylic acids is 1. The van der Waals surface area contributed by atoms with Gasteiger partial charge < -0.3 is 10.4 Å². The van der Waals surface area contributed by atoms with E-state index in [1.807, 2.05) is 0 Å². The zero-order valence-electron chi connectivity index (χ0n) is 9.07. The molecule has 0 aliphatic rings. The number of aryl methyl sites for hydroxylation is 1. The van der Waals surface area contributed by atoms with Crippen LogP contribution in [0.4, 0.5) is 5.69 Å². The molecule has 0 bridgehead atoms. The van der Waals surface area contributed by atoms with Crippen molar-refractivity contribution < 1.29 is 14.7 Å². The Kier molecular flexibility index (Phi) is 5.24. The van der Waals surface area contributed by atoms with Crippen molar-refractivity contribution in [3.63, 3.8) is 0 Å². The van der Waals surface area contributed by atoms with Crippen molar-refractivity contribution in [1.29, 1.82) is 0 Å². The topological polar surface area (TPSA) is 79.3 Å². The van der Waals surface area contributed by atoms with Gasteiger partial charge in [0, 0.05) is 6.20 Å². The number of hydrogen-bond donors (Lipinski definition) is 2. The second kappa shape index (κ2) is 6.46. The van der Waals surface area contributed by atoms with Crippen molar-refractivity contribution in [2.45, 2.75) is 6.92 Å². The Bertz CT molecular complexity index is 419. The number of nitrogens with zero attached hydrogens (tertiary/aromatic N) is 1. The lowest BCUT2D eigenvalue weighted by Crippen LogP contribution is -2.16. The number of thioether (sulfide) groups is 1. The van der Waals surface area contributed by atoms with Crippen LogP contribution in [0, 0.1) is 6.92 Å². The van der Waals surface area contributed by atoms with Gasteiger partial charge in [-0.3, -0.25) is 9.59 Å². The molecule has 0 radical (unpaired) electrons. The first-order valence-corrected chi connectivity index (χ1v) is 6.24. The monoisotopic (exact) mass is 274 g/mol. The van der Waals surface area contributed by atoms with E-state index in [2.05, 4.69) is 10.3 Å². The number of anilines is 1. The van der Waals surface area contributed by atoms with Crippen LogP contribution in [0.25, 0.3) is 0 Å². The minimum absolute atomic E-state index is 0.0664. The molecule has 0 saturated carbocycles. The molecule has 7 heteroatoms. The van der Waals surface area contributed by atoms with Gasteiger partial charge in [-0.15, -0.1) is 11.8 Å². The molecule has 1 aromatic heterocycles. The van der Waals surface area contributed by atoms with Crippen molar-refractivity contribution in [3.05, 3.63) is 23.0 Å². The first-order valence-electron chi connectivity index (χ1n) is 4.71. The average Bonchev–Trinajstić information content (AvgIpc) is 2.23. The Hall–Kier alpha value is -1.27. The Balaban J connectivity index is 2.53. The first-order chi connectivity index (χ1) is 8.00. The first kappa shape index (κ1) is 13.8. The van der Waals surface area contributed by atoms with Crippen molar-refractivity contribution in [2.24, 2.45) is 0 Å². The van der Waals surface area contributed by atoms with Crippen LogP contribution in [-0.2, 0) is 9.59 Å². The van der Waals surface area contributed by atoms with Crippen LogP contribution < -0.4 is 5.32 Å². The van der Waals surface area contributed by atoms with Crippen molar-refractivity contribution in [3.8, 4) is 0 Å². The van der Waals surface area contributed by atoms with Crippen LogP contribution in [0.2, 0.25) is 5.15 Å². The Morgan fingerprint density at radius 3 is 2.82 bits per heavy atom. The number of rotatable bonds is 5. The van der Waals surface area contributed by atoms with E-state index >= 15 is 0 Å². The predicted molar refractivity (Wildman–Crippen MR) is 67.6 cm³/mol. The highest BCUT2D eigenvalue weighted by Gasteiger charge is 2.09. The Morgan fingerprint density at radius 1 is 1.53 bits per heavy atom. The molecular weight excluding hydrogens is 264 g/mol. The molecule has 1 aromatic rings. The molecule has 0 saturated heterocycles. The largest absolute Gasteiger partial charge is 0.481 e. The molecule has 92 valence electrons. The number of hydrogen-bond acceptors (Lipinski definition) is 4. The van der Waals surface area contributed by atoms with Gasteiger partial charge in [0.05, 0.1) is 17.2 Å². The van der Waals surface area contributed by atoms with Gasteiger partial charge in [-0.25, -0.2) is 4.98 Å². The highest BCUT2D eigenvalue weighted by atomic mass is 35.5. The summed E-state index contributed by atoms with van der Waals surface area (Å²) in [5.74, 6) is -1.28. The van der Waals surface area contributed by atoms with Crippen LogP contribution in [-0.4, -0.2) is 33.5 Å². The third kappa shape index (κ3) is 4.62. The molecule has 0 aliphatic heterocycles. The number of nitrogens with one attached hydrogen (secondary N) is 1. The number of amides is 1. The van der Waals surface area contributed by atoms with Gasteiger partial charge in [-0.05, 0) is 18.6 Å². The molecule has 17 heavy (non-hydrogen) atoms. The second-order valence-corrected chi connectivity index (χ2v) is 4.57. The maximum absolute atomic E-state index is 11.5. The standard InChI is InChI=1S/C10H11ClN2O3S/c1-6-2-3-12-10(11)9(6)13-7(14)4-17-5-8(15)16/h2-3H,4-5H2,1H3,(H,13,14)(H,15,16). The fourth-order valence-corrected chi connectivity index (χ4v) is 1.87. The fourth-order valence-electron chi connectivity index (χ4n) is 1.08. The lowest BCUT2D eigenvalue weighted by atomic mass is 10.2. The zero-order valence-corrected chi connectivity index (χ0v) is 10.6. The lowest BCUT2D eigenvalue weighted by molar-refractivity contribution is -0.133. The second-order valence-electron chi connectivity index (χ2n) is 3.23. The number of halogens is 1. The van der Waals surface area contributed by atoms with Gasteiger partial charge in [0.2, 0.25) is 5.91 Å². The lowest BCUT2D eigenvalue weighted by Gasteiger charge is -2.08. The molecule has 2 N–H and O–H groups in total. The summed E-state index contributed by atoms with van der Waals surface area (Å²) in [5, 5.41) is 11.2. The molecule has 0 atom stereocenters. The van der Waals surface area contributed by atoms with Crippen LogP contribution >= 0.6 is 23.4 Å². The normalized spacial score (nSPS) is 10.0. The van der Waals surface area contributed by atoms with Crippen molar-refractivity contribution >= 4 is 40.9 Å². The Labute approximate surface area is 108 Å². The van der Waals surface area contributed by atoms with E-state index in [1.165, 1.54) is 0 Å². The molecule has 1 amide bonds. The quantitative estimate of drug-likeness (QED) is 0.801. The number of carboxylic acid groups (broad SMARTS) is 1. The smallest absolute Gasteiger partial charge is 0.313 e. The number of aromatic nitrogens is 1. The third-order valence-electron chi connectivity index (χ3n) is 1.84. The molecule has 1 heterocycles. The summed E-state index contributed by atoms with van der Waals surface area (Å²) in [6.45, 7) is 1.80.